The Labute approximate surface area is 174 Å². The molecule has 30 heavy (non-hydrogen) atoms. The minimum absolute atomic E-state index is 0.126. The van der Waals surface area contributed by atoms with Crippen molar-refractivity contribution in [3.8, 4) is 0 Å². The number of pyridine rings is 1. The summed E-state index contributed by atoms with van der Waals surface area (Å²) in [5.41, 5.74) is 0.248. The number of benzene rings is 1. The van der Waals surface area contributed by atoms with Crippen LogP contribution >= 0.6 is 0 Å². The van der Waals surface area contributed by atoms with Crippen molar-refractivity contribution < 1.29 is 23.1 Å². The third-order valence-corrected chi connectivity index (χ3v) is 5.76. The lowest BCUT2D eigenvalue weighted by molar-refractivity contribution is 0.0482. The molecular formula is C20H24N4O5S. The summed E-state index contributed by atoms with van der Waals surface area (Å²) in [5.74, 6) is 0. The van der Waals surface area contributed by atoms with E-state index in [1.165, 1.54) is 24.5 Å². The Hall–Kier alpha value is -2.98. The van der Waals surface area contributed by atoms with Crippen LogP contribution in [0.4, 0.5) is 4.79 Å². The molecule has 3 rings (SSSR count). The van der Waals surface area contributed by atoms with Crippen molar-refractivity contribution in [3.63, 3.8) is 0 Å². The van der Waals surface area contributed by atoms with E-state index in [1.807, 2.05) is 0 Å². The molecule has 1 atom stereocenters. The van der Waals surface area contributed by atoms with Gasteiger partial charge in [-0.1, -0.05) is 18.2 Å². The van der Waals surface area contributed by atoms with Crippen LogP contribution in [-0.2, 0) is 21.2 Å². The number of rotatable bonds is 6. The number of aliphatic hydroxyl groups is 1. The van der Waals surface area contributed by atoms with Gasteiger partial charge in [-0.25, -0.2) is 4.79 Å². The lowest BCUT2D eigenvalue weighted by Crippen LogP contribution is -2.42. The lowest BCUT2D eigenvalue weighted by atomic mass is 10.1. The third-order valence-electron chi connectivity index (χ3n) is 4.14. The standard InChI is InChI=1S/C20H24N4O5S/c1-20(2,3)29-19(26)23-16(13-25)10-15-9-14-11-22-24(18(14)12-21-15)30(27,28)17-7-5-4-6-8-17/h4-9,11-12,16,25H,10,13H2,1-3H3,(H,23,26). The number of nitrogens with zero attached hydrogens (tertiary/aromatic N) is 3. The Balaban J connectivity index is 1.81. The van der Waals surface area contributed by atoms with Crippen LogP contribution in [0.25, 0.3) is 10.9 Å². The average Bonchev–Trinajstić information content (AvgIpc) is 3.10. The molecule has 2 heterocycles. The second-order valence-corrected chi connectivity index (χ2v) is 9.54. The van der Waals surface area contributed by atoms with Crippen molar-refractivity contribution in [1.82, 2.24) is 19.5 Å². The monoisotopic (exact) mass is 432 g/mol. The van der Waals surface area contributed by atoms with E-state index in [0.29, 0.717) is 16.6 Å². The molecule has 0 aliphatic heterocycles. The normalized spacial score (nSPS) is 13.2. The van der Waals surface area contributed by atoms with Crippen molar-refractivity contribution in [2.24, 2.45) is 0 Å². The summed E-state index contributed by atoms with van der Waals surface area (Å²) in [6.07, 6.45) is 2.46. The predicted octanol–water partition coefficient (Wildman–Crippen LogP) is 2.10. The van der Waals surface area contributed by atoms with Gasteiger partial charge in [-0.3, -0.25) is 4.98 Å². The molecule has 160 valence electrons. The number of fused-ring (bicyclic) bond motifs is 1. The molecule has 0 fully saturated rings. The quantitative estimate of drug-likeness (QED) is 0.611. The summed E-state index contributed by atoms with van der Waals surface area (Å²) in [6.45, 7) is 4.94. The fourth-order valence-electron chi connectivity index (χ4n) is 2.83. The number of carbonyl (C=O) groups is 1. The first-order valence-corrected chi connectivity index (χ1v) is 10.8. The van der Waals surface area contributed by atoms with E-state index in [0.717, 1.165) is 4.09 Å². The fraction of sp³-hybridized carbons (Fsp3) is 0.350. The molecule has 2 N–H and O–H groups in total. The maximum Gasteiger partial charge on any atom is 0.407 e. The fourth-order valence-corrected chi connectivity index (χ4v) is 4.12. The van der Waals surface area contributed by atoms with Crippen molar-refractivity contribution in [2.45, 2.75) is 43.7 Å². The van der Waals surface area contributed by atoms with Crippen molar-refractivity contribution in [3.05, 3.63) is 54.5 Å². The largest absolute Gasteiger partial charge is 0.444 e. The Morgan fingerprint density at radius 2 is 1.93 bits per heavy atom. The van der Waals surface area contributed by atoms with Crippen LogP contribution < -0.4 is 5.32 Å². The summed E-state index contributed by atoms with van der Waals surface area (Å²) in [4.78, 5) is 16.3. The van der Waals surface area contributed by atoms with E-state index >= 15 is 0 Å². The Morgan fingerprint density at radius 1 is 1.23 bits per heavy atom. The number of hydrogen-bond donors (Lipinski definition) is 2. The van der Waals surface area contributed by atoms with Gasteiger partial charge in [0.05, 0.1) is 29.9 Å². The minimum atomic E-state index is -3.84. The van der Waals surface area contributed by atoms with E-state index in [9.17, 15) is 18.3 Å². The van der Waals surface area contributed by atoms with Gasteiger partial charge in [0.15, 0.2) is 0 Å². The van der Waals surface area contributed by atoms with Crippen LogP contribution in [0.5, 0.6) is 0 Å². The second kappa shape index (κ2) is 8.41. The number of aliphatic hydroxyl groups excluding tert-OH is 1. The number of hydrogen-bond acceptors (Lipinski definition) is 7. The van der Waals surface area contributed by atoms with E-state index in [-0.39, 0.29) is 17.9 Å². The third kappa shape index (κ3) is 4.95. The Bertz CT molecular complexity index is 1140. The highest BCUT2D eigenvalue weighted by Crippen LogP contribution is 2.20. The molecule has 1 amide bonds. The van der Waals surface area contributed by atoms with Crippen LogP contribution in [0.1, 0.15) is 26.5 Å². The first-order chi connectivity index (χ1) is 14.1. The minimum Gasteiger partial charge on any atom is -0.444 e. The van der Waals surface area contributed by atoms with Crippen molar-refractivity contribution in [2.75, 3.05) is 6.61 Å². The molecule has 0 spiro atoms. The van der Waals surface area contributed by atoms with Crippen LogP contribution in [-0.4, -0.2) is 52.0 Å². The number of alkyl carbamates (subject to hydrolysis) is 1. The number of nitrogens with one attached hydrogen (secondary N) is 1. The highest BCUT2D eigenvalue weighted by Gasteiger charge is 2.22. The molecule has 0 saturated carbocycles. The number of carbonyl (C=O) groups excluding carboxylic acids is 1. The van der Waals surface area contributed by atoms with E-state index < -0.39 is 27.8 Å². The van der Waals surface area contributed by atoms with Gasteiger partial charge >= 0.3 is 6.09 Å². The second-order valence-electron chi connectivity index (χ2n) is 7.77. The van der Waals surface area contributed by atoms with Gasteiger partial charge in [0.25, 0.3) is 10.0 Å². The molecule has 3 aromatic rings. The van der Waals surface area contributed by atoms with Crippen LogP contribution in [0, 0.1) is 0 Å². The smallest absolute Gasteiger partial charge is 0.407 e. The number of amides is 1. The number of aromatic nitrogens is 3. The van der Waals surface area contributed by atoms with Crippen molar-refractivity contribution >= 4 is 27.0 Å². The van der Waals surface area contributed by atoms with Gasteiger partial charge in [0, 0.05) is 17.5 Å². The maximum absolute atomic E-state index is 12.8. The summed E-state index contributed by atoms with van der Waals surface area (Å²) in [6, 6.07) is 9.09. The molecule has 1 unspecified atom stereocenters. The molecule has 9 nitrogen and oxygen atoms in total. The summed E-state index contributed by atoms with van der Waals surface area (Å²) < 4.78 is 31.8. The van der Waals surface area contributed by atoms with E-state index in [2.05, 4.69) is 15.4 Å². The van der Waals surface area contributed by atoms with E-state index in [4.69, 9.17) is 4.74 Å². The molecule has 0 bridgehead atoms. The predicted molar refractivity (Wildman–Crippen MR) is 111 cm³/mol. The van der Waals surface area contributed by atoms with E-state index in [1.54, 1.807) is 45.0 Å². The van der Waals surface area contributed by atoms with Gasteiger partial charge in [-0.2, -0.15) is 17.6 Å². The average molecular weight is 433 g/mol. The first kappa shape index (κ1) is 21.7. The summed E-state index contributed by atoms with van der Waals surface area (Å²) in [5, 5.41) is 16.8. The Morgan fingerprint density at radius 3 is 2.57 bits per heavy atom. The van der Waals surface area contributed by atoms with Gasteiger partial charge in [0.2, 0.25) is 0 Å². The highest BCUT2D eigenvalue weighted by molar-refractivity contribution is 7.90. The van der Waals surface area contributed by atoms with Gasteiger partial charge in [0.1, 0.15) is 11.1 Å². The molecular weight excluding hydrogens is 408 g/mol. The molecule has 10 heteroatoms. The molecule has 1 aromatic carbocycles. The highest BCUT2D eigenvalue weighted by atomic mass is 32.2. The van der Waals surface area contributed by atoms with Crippen molar-refractivity contribution in [1.29, 1.82) is 0 Å². The zero-order chi connectivity index (χ0) is 21.9. The first-order valence-electron chi connectivity index (χ1n) is 9.34. The van der Waals surface area contributed by atoms with Gasteiger partial charge in [-0.05, 0) is 39.0 Å². The van der Waals surface area contributed by atoms with Gasteiger partial charge in [-0.15, -0.1) is 0 Å². The van der Waals surface area contributed by atoms with Crippen LogP contribution in [0.2, 0.25) is 0 Å². The molecule has 0 saturated heterocycles. The number of ether oxygens (including phenoxy) is 1. The van der Waals surface area contributed by atoms with Crippen LogP contribution in [0.15, 0.2) is 53.7 Å². The molecule has 0 radical (unpaired) electrons. The molecule has 2 aromatic heterocycles. The van der Waals surface area contributed by atoms with Crippen LogP contribution in [0.3, 0.4) is 0 Å². The summed E-state index contributed by atoms with van der Waals surface area (Å²) in [7, 11) is -3.84. The zero-order valence-electron chi connectivity index (χ0n) is 16.9. The molecule has 0 aliphatic carbocycles. The summed E-state index contributed by atoms with van der Waals surface area (Å²) >= 11 is 0. The topological polar surface area (TPSA) is 123 Å². The zero-order valence-corrected chi connectivity index (χ0v) is 17.8. The molecule has 0 aliphatic rings. The maximum atomic E-state index is 12.8. The lowest BCUT2D eigenvalue weighted by Gasteiger charge is -2.22. The van der Waals surface area contributed by atoms with Gasteiger partial charge < -0.3 is 15.2 Å². The Kier molecular flexibility index (Phi) is 6.09. The SMILES string of the molecule is CC(C)(C)OC(=O)NC(CO)Cc1cc2cnn(S(=O)(=O)c3ccccc3)c2cn1.